The highest BCUT2D eigenvalue weighted by Gasteiger charge is 2.02. The summed E-state index contributed by atoms with van der Waals surface area (Å²) >= 11 is 1.45. The number of thioether (sulfide) groups is 1. The Kier molecular flexibility index (Phi) is 4.31. The van der Waals surface area contributed by atoms with Gasteiger partial charge in [-0.3, -0.25) is 9.89 Å². The second-order valence-corrected chi connectivity index (χ2v) is 3.28. The second-order valence-electron chi connectivity index (χ2n) is 2.19. The van der Waals surface area contributed by atoms with E-state index < -0.39 is 0 Å². The molecule has 1 heterocycles. The Bertz CT molecular complexity index is 250. The molecular formula is C7H11N3O2S. The summed E-state index contributed by atoms with van der Waals surface area (Å²) in [6.07, 6.45) is 1.84. The fourth-order valence-electron chi connectivity index (χ4n) is 0.728. The van der Waals surface area contributed by atoms with Crippen LogP contribution in [0.4, 0.5) is 0 Å². The molecule has 0 saturated carbocycles. The lowest BCUT2D eigenvalue weighted by molar-refractivity contribution is -0.142. The van der Waals surface area contributed by atoms with Crippen molar-refractivity contribution in [2.24, 2.45) is 0 Å². The normalized spacial score (nSPS) is 9.92. The zero-order chi connectivity index (χ0) is 9.52. The van der Waals surface area contributed by atoms with Crippen LogP contribution in [0, 0.1) is 0 Å². The van der Waals surface area contributed by atoms with E-state index in [9.17, 15) is 4.79 Å². The van der Waals surface area contributed by atoms with E-state index in [1.807, 2.05) is 0 Å². The fraction of sp³-hybridized carbons (Fsp3) is 0.571. The molecule has 0 radical (unpaired) electrons. The topological polar surface area (TPSA) is 67.9 Å². The summed E-state index contributed by atoms with van der Waals surface area (Å²) in [5, 5.41) is 7.10. The predicted octanol–water partition coefficient (Wildman–Crippen LogP) is 0.850. The van der Waals surface area contributed by atoms with Crippen LogP contribution in [0.5, 0.6) is 0 Å². The third-order valence-electron chi connectivity index (χ3n) is 1.24. The Morgan fingerprint density at radius 2 is 2.62 bits per heavy atom. The Balaban J connectivity index is 2.11. The van der Waals surface area contributed by atoms with Crippen molar-refractivity contribution in [1.29, 1.82) is 0 Å². The molecule has 0 amide bonds. The first-order valence-electron chi connectivity index (χ1n) is 3.96. The maximum Gasteiger partial charge on any atom is 0.306 e. The average Bonchev–Trinajstić information content (AvgIpc) is 2.57. The number of nitrogens with one attached hydrogen (secondary N) is 1. The summed E-state index contributed by atoms with van der Waals surface area (Å²) < 4.78 is 4.76. The summed E-state index contributed by atoms with van der Waals surface area (Å²) in [6.45, 7) is 2.23. The molecule has 5 nitrogen and oxygen atoms in total. The largest absolute Gasteiger partial charge is 0.466 e. The maximum absolute atomic E-state index is 10.9. The molecule has 1 N–H and O–H groups in total. The van der Waals surface area contributed by atoms with E-state index in [2.05, 4.69) is 15.2 Å². The van der Waals surface area contributed by atoms with Crippen molar-refractivity contribution in [3.05, 3.63) is 6.33 Å². The van der Waals surface area contributed by atoms with E-state index in [0.717, 1.165) is 5.16 Å². The number of esters is 1. The van der Waals surface area contributed by atoms with Gasteiger partial charge in [-0.05, 0) is 6.92 Å². The van der Waals surface area contributed by atoms with Gasteiger partial charge in [-0.2, -0.15) is 5.10 Å². The zero-order valence-electron chi connectivity index (χ0n) is 7.32. The van der Waals surface area contributed by atoms with E-state index in [1.54, 1.807) is 6.92 Å². The van der Waals surface area contributed by atoms with Gasteiger partial charge in [0.25, 0.3) is 0 Å². The smallest absolute Gasteiger partial charge is 0.306 e. The van der Waals surface area contributed by atoms with Gasteiger partial charge in [-0.25, -0.2) is 4.98 Å². The lowest BCUT2D eigenvalue weighted by atomic mass is 10.5. The highest BCUT2D eigenvalue weighted by molar-refractivity contribution is 7.99. The Hall–Kier alpha value is -1.04. The van der Waals surface area contributed by atoms with Crippen LogP contribution in [0.1, 0.15) is 13.3 Å². The van der Waals surface area contributed by atoms with Gasteiger partial charge in [-0.15, -0.1) is 0 Å². The quantitative estimate of drug-likeness (QED) is 0.565. The first-order valence-corrected chi connectivity index (χ1v) is 4.95. The molecule has 1 rings (SSSR count). The summed E-state index contributed by atoms with van der Waals surface area (Å²) in [4.78, 5) is 14.8. The van der Waals surface area contributed by atoms with Gasteiger partial charge < -0.3 is 4.74 Å². The molecule has 0 bridgehead atoms. The molecule has 0 atom stereocenters. The van der Waals surface area contributed by atoms with E-state index in [1.165, 1.54) is 18.1 Å². The number of ether oxygens (including phenoxy) is 1. The summed E-state index contributed by atoms with van der Waals surface area (Å²) in [5.74, 6) is 0.489. The van der Waals surface area contributed by atoms with Crippen molar-refractivity contribution in [2.75, 3.05) is 12.4 Å². The van der Waals surface area contributed by atoms with E-state index in [-0.39, 0.29) is 5.97 Å². The van der Waals surface area contributed by atoms with Crippen molar-refractivity contribution >= 4 is 17.7 Å². The number of hydrogen-bond acceptors (Lipinski definition) is 5. The average molecular weight is 201 g/mol. The number of carbonyl (C=O) groups is 1. The number of aromatic amines is 1. The second kappa shape index (κ2) is 5.58. The fourth-order valence-corrected chi connectivity index (χ4v) is 1.43. The first-order chi connectivity index (χ1) is 6.33. The van der Waals surface area contributed by atoms with Crippen LogP contribution in [0.25, 0.3) is 0 Å². The van der Waals surface area contributed by atoms with Gasteiger partial charge in [0.1, 0.15) is 6.33 Å². The highest BCUT2D eigenvalue weighted by atomic mass is 32.2. The molecule has 0 spiro atoms. The molecule has 1 aromatic rings. The molecule has 72 valence electrons. The molecule has 1 aromatic heterocycles. The molecule has 0 saturated heterocycles. The molecule has 6 heteroatoms. The molecule has 13 heavy (non-hydrogen) atoms. The minimum atomic E-state index is -0.172. The van der Waals surface area contributed by atoms with Crippen molar-refractivity contribution in [1.82, 2.24) is 15.2 Å². The first kappa shape index (κ1) is 10.0. The molecule has 0 unspecified atom stereocenters. The van der Waals surface area contributed by atoms with Crippen LogP contribution in [0.15, 0.2) is 11.5 Å². The number of aromatic nitrogens is 3. The van der Waals surface area contributed by atoms with Crippen molar-refractivity contribution in [2.45, 2.75) is 18.5 Å². The van der Waals surface area contributed by atoms with Crippen LogP contribution >= 0.6 is 11.8 Å². The van der Waals surface area contributed by atoms with E-state index >= 15 is 0 Å². The van der Waals surface area contributed by atoms with Crippen molar-refractivity contribution in [3.63, 3.8) is 0 Å². The number of nitrogens with zero attached hydrogens (tertiary/aromatic N) is 2. The zero-order valence-corrected chi connectivity index (χ0v) is 8.13. The standard InChI is InChI=1S/C7H11N3O2S/c1-2-12-6(11)3-4-13-7-8-5-9-10-7/h5H,2-4H2,1H3,(H,8,9,10). The molecule has 0 fully saturated rings. The summed E-state index contributed by atoms with van der Waals surface area (Å²) in [5.41, 5.74) is 0. The van der Waals surface area contributed by atoms with Gasteiger partial charge in [0.2, 0.25) is 0 Å². The van der Waals surface area contributed by atoms with Crippen LogP contribution < -0.4 is 0 Å². The molecule has 0 aliphatic heterocycles. The van der Waals surface area contributed by atoms with E-state index in [0.29, 0.717) is 18.8 Å². The number of rotatable bonds is 5. The number of hydrogen-bond donors (Lipinski definition) is 1. The Labute approximate surface area is 80.3 Å². The number of H-pyrrole nitrogens is 1. The van der Waals surface area contributed by atoms with Crippen LogP contribution in [-0.2, 0) is 9.53 Å². The minimum Gasteiger partial charge on any atom is -0.466 e. The molecule has 0 aliphatic carbocycles. The maximum atomic E-state index is 10.9. The van der Waals surface area contributed by atoms with Crippen LogP contribution in [0.3, 0.4) is 0 Å². The van der Waals surface area contributed by atoms with Gasteiger partial charge in [-0.1, -0.05) is 11.8 Å². The molecule has 0 aromatic carbocycles. The van der Waals surface area contributed by atoms with E-state index in [4.69, 9.17) is 4.74 Å². The lowest BCUT2D eigenvalue weighted by Gasteiger charge is -1.99. The molecular weight excluding hydrogens is 190 g/mol. The van der Waals surface area contributed by atoms with Gasteiger partial charge >= 0.3 is 5.97 Å². The third kappa shape index (κ3) is 3.93. The van der Waals surface area contributed by atoms with Gasteiger partial charge in [0, 0.05) is 5.75 Å². The Morgan fingerprint density at radius 1 is 1.77 bits per heavy atom. The SMILES string of the molecule is CCOC(=O)CCSc1ncn[nH]1. The highest BCUT2D eigenvalue weighted by Crippen LogP contribution is 2.11. The van der Waals surface area contributed by atoms with Crippen molar-refractivity contribution in [3.8, 4) is 0 Å². The number of carbonyl (C=O) groups excluding carboxylic acids is 1. The van der Waals surface area contributed by atoms with Crippen molar-refractivity contribution < 1.29 is 9.53 Å². The summed E-state index contributed by atoms with van der Waals surface area (Å²) in [6, 6.07) is 0. The Morgan fingerprint density at radius 3 is 3.23 bits per heavy atom. The summed E-state index contributed by atoms with van der Waals surface area (Å²) in [7, 11) is 0. The van der Waals surface area contributed by atoms with Crippen LogP contribution in [-0.4, -0.2) is 33.5 Å². The molecule has 0 aliphatic rings. The van der Waals surface area contributed by atoms with Gasteiger partial charge in [0.15, 0.2) is 5.16 Å². The lowest BCUT2D eigenvalue weighted by Crippen LogP contribution is -2.04. The van der Waals surface area contributed by atoms with Crippen LogP contribution in [0.2, 0.25) is 0 Å². The predicted molar refractivity (Wildman–Crippen MR) is 48.4 cm³/mol. The minimum absolute atomic E-state index is 0.172. The third-order valence-corrected chi connectivity index (χ3v) is 2.12. The van der Waals surface area contributed by atoms with Gasteiger partial charge in [0.05, 0.1) is 13.0 Å². The monoisotopic (exact) mass is 201 g/mol.